The molecule has 2 rings (SSSR count). The van der Waals surface area contributed by atoms with Gasteiger partial charge in [0.2, 0.25) is 0 Å². The molecule has 1 N–H and O–H groups in total. The predicted molar refractivity (Wildman–Crippen MR) is 85.0 cm³/mol. The molecular formula is C17H34N2O. The molecule has 1 saturated carbocycles. The summed E-state index contributed by atoms with van der Waals surface area (Å²) in [6.07, 6.45) is 6.91. The zero-order valence-electron chi connectivity index (χ0n) is 13.9. The molecule has 5 atom stereocenters. The van der Waals surface area contributed by atoms with Crippen LogP contribution in [0.15, 0.2) is 0 Å². The van der Waals surface area contributed by atoms with Crippen LogP contribution in [0.4, 0.5) is 0 Å². The molecule has 20 heavy (non-hydrogen) atoms. The molecule has 0 aromatic rings. The fourth-order valence-corrected chi connectivity index (χ4v) is 4.42. The maximum Gasteiger partial charge on any atom is 0.0698 e. The highest BCUT2D eigenvalue weighted by atomic mass is 16.5. The van der Waals surface area contributed by atoms with Gasteiger partial charge in [0.05, 0.1) is 6.10 Å². The molecule has 3 nitrogen and oxygen atoms in total. The molecule has 0 aromatic heterocycles. The van der Waals surface area contributed by atoms with E-state index >= 15 is 0 Å². The van der Waals surface area contributed by atoms with E-state index in [0.717, 1.165) is 24.9 Å². The Morgan fingerprint density at radius 1 is 1.25 bits per heavy atom. The van der Waals surface area contributed by atoms with Crippen molar-refractivity contribution in [3.63, 3.8) is 0 Å². The number of piperidine rings is 1. The minimum Gasteiger partial charge on any atom is -0.380 e. The van der Waals surface area contributed by atoms with Crippen molar-refractivity contribution in [2.75, 3.05) is 26.7 Å². The number of nitrogens with zero attached hydrogens (tertiary/aromatic N) is 1. The van der Waals surface area contributed by atoms with Crippen LogP contribution in [0.25, 0.3) is 0 Å². The normalized spacial score (nSPS) is 39.9. The van der Waals surface area contributed by atoms with E-state index in [1.165, 1.54) is 38.6 Å². The lowest BCUT2D eigenvalue weighted by molar-refractivity contribution is -0.0189. The SMILES string of the molecule is CCCNC1CC(C)CC(C)C1N1CCCC(OC)C1. The Labute approximate surface area is 125 Å². The van der Waals surface area contributed by atoms with E-state index in [2.05, 4.69) is 31.0 Å². The molecule has 0 aromatic carbocycles. The monoisotopic (exact) mass is 282 g/mol. The van der Waals surface area contributed by atoms with Crippen LogP contribution in [0.3, 0.4) is 0 Å². The van der Waals surface area contributed by atoms with Crippen molar-refractivity contribution in [1.29, 1.82) is 0 Å². The average molecular weight is 282 g/mol. The molecule has 0 bridgehead atoms. The van der Waals surface area contributed by atoms with Crippen molar-refractivity contribution in [3.05, 3.63) is 0 Å². The largest absolute Gasteiger partial charge is 0.380 e. The van der Waals surface area contributed by atoms with Crippen LogP contribution >= 0.6 is 0 Å². The third kappa shape index (κ3) is 3.96. The Kier molecular flexibility index (Phi) is 6.31. The molecule has 0 spiro atoms. The van der Waals surface area contributed by atoms with E-state index in [-0.39, 0.29) is 0 Å². The Hall–Kier alpha value is -0.120. The lowest BCUT2D eigenvalue weighted by Crippen LogP contribution is -2.59. The van der Waals surface area contributed by atoms with Gasteiger partial charge in [-0.25, -0.2) is 0 Å². The molecule has 2 fully saturated rings. The molecule has 0 radical (unpaired) electrons. The highest BCUT2D eigenvalue weighted by Gasteiger charge is 2.38. The van der Waals surface area contributed by atoms with Crippen LogP contribution in [-0.2, 0) is 4.74 Å². The van der Waals surface area contributed by atoms with Gasteiger partial charge >= 0.3 is 0 Å². The van der Waals surface area contributed by atoms with Crippen molar-refractivity contribution in [2.45, 2.75) is 71.1 Å². The van der Waals surface area contributed by atoms with E-state index in [0.29, 0.717) is 18.2 Å². The molecule has 118 valence electrons. The Morgan fingerprint density at radius 2 is 2.05 bits per heavy atom. The van der Waals surface area contributed by atoms with E-state index in [9.17, 15) is 0 Å². The minimum absolute atomic E-state index is 0.446. The molecule has 0 amide bonds. The van der Waals surface area contributed by atoms with Gasteiger partial charge in [0, 0.05) is 25.7 Å². The van der Waals surface area contributed by atoms with Gasteiger partial charge in [0.1, 0.15) is 0 Å². The van der Waals surface area contributed by atoms with Crippen molar-refractivity contribution in [1.82, 2.24) is 10.2 Å². The third-order valence-electron chi connectivity index (χ3n) is 5.25. The first-order chi connectivity index (χ1) is 9.65. The smallest absolute Gasteiger partial charge is 0.0698 e. The summed E-state index contributed by atoms with van der Waals surface area (Å²) in [4.78, 5) is 2.72. The molecule has 1 aliphatic carbocycles. The Morgan fingerprint density at radius 3 is 2.75 bits per heavy atom. The summed E-state index contributed by atoms with van der Waals surface area (Å²) in [5, 5.41) is 3.83. The van der Waals surface area contributed by atoms with E-state index in [1.807, 2.05) is 7.11 Å². The lowest BCUT2D eigenvalue weighted by atomic mass is 9.75. The number of hydrogen-bond acceptors (Lipinski definition) is 3. The fourth-order valence-electron chi connectivity index (χ4n) is 4.42. The maximum atomic E-state index is 5.62. The second-order valence-electron chi connectivity index (χ2n) is 7.10. The second kappa shape index (κ2) is 7.77. The van der Waals surface area contributed by atoms with Crippen LogP contribution in [0.1, 0.15) is 52.9 Å². The maximum absolute atomic E-state index is 5.62. The summed E-state index contributed by atoms with van der Waals surface area (Å²) in [5.41, 5.74) is 0. The molecular weight excluding hydrogens is 248 g/mol. The Bertz CT molecular complexity index is 282. The number of likely N-dealkylation sites (tertiary alicyclic amines) is 1. The van der Waals surface area contributed by atoms with Crippen LogP contribution < -0.4 is 5.32 Å². The van der Waals surface area contributed by atoms with E-state index in [4.69, 9.17) is 4.74 Å². The van der Waals surface area contributed by atoms with Crippen molar-refractivity contribution < 1.29 is 4.74 Å². The van der Waals surface area contributed by atoms with Crippen LogP contribution in [0.5, 0.6) is 0 Å². The van der Waals surface area contributed by atoms with Gasteiger partial charge in [0.15, 0.2) is 0 Å². The summed E-state index contributed by atoms with van der Waals surface area (Å²) >= 11 is 0. The van der Waals surface area contributed by atoms with Gasteiger partial charge in [-0.15, -0.1) is 0 Å². The number of rotatable bonds is 5. The molecule has 5 unspecified atom stereocenters. The number of methoxy groups -OCH3 is 1. The van der Waals surface area contributed by atoms with Gasteiger partial charge in [-0.2, -0.15) is 0 Å². The number of hydrogen-bond donors (Lipinski definition) is 1. The van der Waals surface area contributed by atoms with E-state index in [1.54, 1.807) is 0 Å². The summed E-state index contributed by atoms with van der Waals surface area (Å²) in [5.74, 6) is 1.65. The lowest BCUT2D eigenvalue weighted by Gasteiger charge is -2.48. The first-order valence-electron chi connectivity index (χ1n) is 8.65. The number of nitrogens with one attached hydrogen (secondary N) is 1. The highest BCUT2D eigenvalue weighted by molar-refractivity contribution is 4.95. The van der Waals surface area contributed by atoms with Gasteiger partial charge in [0.25, 0.3) is 0 Å². The van der Waals surface area contributed by atoms with Gasteiger partial charge in [-0.05, 0) is 57.0 Å². The first-order valence-corrected chi connectivity index (χ1v) is 8.65. The zero-order valence-corrected chi connectivity index (χ0v) is 13.9. The van der Waals surface area contributed by atoms with Crippen molar-refractivity contribution in [2.24, 2.45) is 11.8 Å². The van der Waals surface area contributed by atoms with Gasteiger partial charge in [-0.1, -0.05) is 20.8 Å². The standard InChI is InChI=1S/C17H34N2O/c1-5-8-18-16-11-13(2)10-14(3)17(16)19-9-6-7-15(12-19)20-4/h13-18H,5-12H2,1-4H3. The highest BCUT2D eigenvalue weighted by Crippen LogP contribution is 2.34. The van der Waals surface area contributed by atoms with Crippen molar-refractivity contribution >= 4 is 0 Å². The third-order valence-corrected chi connectivity index (χ3v) is 5.25. The summed E-state index contributed by atoms with van der Waals surface area (Å²) < 4.78 is 5.62. The predicted octanol–water partition coefficient (Wildman–Crippen LogP) is 2.90. The molecule has 1 saturated heterocycles. The van der Waals surface area contributed by atoms with Crippen molar-refractivity contribution in [3.8, 4) is 0 Å². The van der Waals surface area contributed by atoms with Crippen LogP contribution in [0.2, 0.25) is 0 Å². The topological polar surface area (TPSA) is 24.5 Å². The molecule has 1 heterocycles. The second-order valence-corrected chi connectivity index (χ2v) is 7.10. The van der Waals surface area contributed by atoms with E-state index < -0.39 is 0 Å². The Balaban J connectivity index is 2.03. The average Bonchev–Trinajstić information content (AvgIpc) is 2.44. The minimum atomic E-state index is 0.446. The molecule has 2 aliphatic rings. The zero-order chi connectivity index (χ0) is 14.5. The summed E-state index contributed by atoms with van der Waals surface area (Å²) in [6.45, 7) is 10.7. The van der Waals surface area contributed by atoms with Crippen LogP contribution in [0, 0.1) is 11.8 Å². The quantitative estimate of drug-likeness (QED) is 0.839. The summed E-state index contributed by atoms with van der Waals surface area (Å²) in [6, 6.07) is 1.38. The van der Waals surface area contributed by atoms with Gasteiger partial charge in [-0.3, -0.25) is 4.90 Å². The summed E-state index contributed by atoms with van der Waals surface area (Å²) in [7, 11) is 1.87. The fraction of sp³-hybridized carbons (Fsp3) is 1.00. The number of ether oxygens (including phenoxy) is 1. The molecule has 3 heteroatoms. The van der Waals surface area contributed by atoms with Gasteiger partial charge < -0.3 is 10.1 Å². The first kappa shape index (κ1) is 16.3. The van der Waals surface area contributed by atoms with Crippen LogP contribution in [-0.4, -0.2) is 49.8 Å². The molecule has 1 aliphatic heterocycles.